The van der Waals surface area contributed by atoms with Crippen LogP contribution in [-0.2, 0) is 0 Å². The summed E-state index contributed by atoms with van der Waals surface area (Å²) in [6.45, 7) is 1.79. The van der Waals surface area contributed by atoms with Crippen molar-refractivity contribution in [1.82, 2.24) is 4.98 Å². The highest BCUT2D eigenvalue weighted by Gasteiger charge is 2.13. The predicted molar refractivity (Wildman–Crippen MR) is 72.0 cm³/mol. The van der Waals surface area contributed by atoms with Gasteiger partial charge in [-0.05, 0) is 31.2 Å². The van der Waals surface area contributed by atoms with E-state index >= 15 is 0 Å². The molecule has 20 heavy (non-hydrogen) atoms. The van der Waals surface area contributed by atoms with Crippen molar-refractivity contribution in [3.8, 4) is 5.75 Å². The Labute approximate surface area is 114 Å². The summed E-state index contributed by atoms with van der Waals surface area (Å²) in [7, 11) is 0. The number of aromatic hydroxyl groups is 1. The molecule has 0 saturated heterocycles. The molecule has 0 bridgehead atoms. The highest BCUT2D eigenvalue weighted by atomic mass is 16.4. The average molecular weight is 272 g/mol. The normalized spacial score (nSPS) is 10.1. The Balaban J connectivity index is 2.25. The van der Waals surface area contributed by atoms with Gasteiger partial charge >= 0.3 is 5.97 Å². The van der Waals surface area contributed by atoms with Crippen molar-refractivity contribution in [3.05, 3.63) is 53.2 Å². The van der Waals surface area contributed by atoms with Gasteiger partial charge in [0.15, 0.2) is 0 Å². The van der Waals surface area contributed by atoms with Gasteiger partial charge in [-0.1, -0.05) is 11.6 Å². The average Bonchev–Trinajstić information content (AvgIpc) is 2.41. The minimum atomic E-state index is -1.11. The Morgan fingerprint density at radius 3 is 2.65 bits per heavy atom. The third-order valence-electron chi connectivity index (χ3n) is 2.65. The van der Waals surface area contributed by atoms with Crippen molar-refractivity contribution in [2.24, 2.45) is 0 Å². The second-order valence-electron chi connectivity index (χ2n) is 4.21. The van der Waals surface area contributed by atoms with Crippen LogP contribution in [0.2, 0.25) is 0 Å². The molecule has 102 valence electrons. The molecule has 0 aliphatic rings. The Morgan fingerprint density at radius 2 is 1.95 bits per heavy atom. The topological polar surface area (TPSA) is 99.5 Å². The van der Waals surface area contributed by atoms with Crippen LogP contribution in [0.5, 0.6) is 5.75 Å². The van der Waals surface area contributed by atoms with E-state index in [9.17, 15) is 14.7 Å². The lowest BCUT2D eigenvalue weighted by atomic mass is 10.1. The van der Waals surface area contributed by atoms with Gasteiger partial charge in [0, 0.05) is 6.20 Å². The number of carboxylic acid groups (broad SMARTS) is 1. The van der Waals surface area contributed by atoms with Crippen molar-refractivity contribution in [1.29, 1.82) is 0 Å². The van der Waals surface area contributed by atoms with Gasteiger partial charge in [0.2, 0.25) is 0 Å². The summed E-state index contributed by atoms with van der Waals surface area (Å²) in [6.07, 6.45) is 1.29. The summed E-state index contributed by atoms with van der Waals surface area (Å²) in [5.74, 6) is -1.71. The molecule has 0 radical (unpaired) electrons. The van der Waals surface area contributed by atoms with Crippen molar-refractivity contribution in [2.75, 3.05) is 5.32 Å². The summed E-state index contributed by atoms with van der Waals surface area (Å²) in [6, 6.07) is 7.20. The smallest absolute Gasteiger partial charge is 0.335 e. The molecule has 0 atom stereocenters. The number of benzene rings is 1. The second kappa shape index (κ2) is 5.40. The molecule has 0 fully saturated rings. The SMILES string of the molecule is Cc1ccc(O)c(C(=O)Nc2cc(C(=O)O)ccn2)c1. The minimum absolute atomic E-state index is 0.0174. The fourth-order valence-corrected chi connectivity index (χ4v) is 1.65. The molecule has 1 aromatic carbocycles. The lowest BCUT2D eigenvalue weighted by Crippen LogP contribution is -2.14. The Kier molecular flexibility index (Phi) is 3.65. The monoisotopic (exact) mass is 272 g/mol. The molecule has 1 heterocycles. The summed E-state index contributed by atoms with van der Waals surface area (Å²) in [5.41, 5.74) is 0.941. The number of pyridine rings is 1. The number of phenols is 1. The summed E-state index contributed by atoms with van der Waals surface area (Å²) >= 11 is 0. The predicted octanol–water partition coefficient (Wildman–Crippen LogP) is 2.05. The van der Waals surface area contributed by atoms with E-state index in [1.807, 2.05) is 0 Å². The van der Waals surface area contributed by atoms with Crippen LogP contribution in [0.4, 0.5) is 5.82 Å². The summed E-state index contributed by atoms with van der Waals surface area (Å²) in [4.78, 5) is 26.7. The molecule has 2 aromatic rings. The van der Waals surface area contributed by atoms with Crippen LogP contribution in [0.25, 0.3) is 0 Å². The van der Waals surface area contributed by atoms with E-state index in [1.165, 1.54) is 30.5 Å². The zero-order valence-electron chi connectivity index (χ0n) is 10.6. The first kappa shape index (κ1) is 13.5. The Hall–Kier alpha value is -2.89. The number of aryl methyl sites for hydroxylation is 1. The van der Waals surface area contributed by atoms with Crippen molar-refractivity contribution < 1.29 is 19.8 Å². The first-order chi connectivity index (χ1) is 9.47. The second-order valence-corrected chi connectivity index (χ2v) is 4.21. The van der Waals surface area contributed by atoms with Crippen LogP contribution in [0, 0.1) is 6.92 Å². The van der Waals surface area contributed by atoms with E-state index in [-0.39, 0.29) is 22.7 Å². The first-order valence-electron chi connectivity index (χ1n) is 5.77. The van der Waals surface area contributed by atoms with Gasteiger partial charge in [-0.25, -0.2) is 9.78 Å². The van der Waals surface area contributed by atoms with Crippen molar-refractivity contribution in [3.63, 3.8) is 0 Å². The van der Waals surface area contributed by atoms with Gasteiger partial charge in [0.05, 0.1) is 11.1 Å². The van der Waals surface area contributed by atoms with Gasteiger partial charge in [-0.3, -0.25) is 4.79 Å². The molecule has 0 saturated carbocycles. The summed E-state index contributed by atoms with van der Waals surface area (Å²) in [5, 5.41) is 21.0. The van der Waals surface area contributed by atoms with E-state index in [0.717, 1.165) is 5.56 Å². The van der Waals surface area contributed by atoms with Crippen LogP contribution < -0.4 is 5.32 Å². The van der Waals surface area contributed by atoms with Crippen LogP contribution >= 0.6 is 0 Å². The minimum Gasteiger partial charge on any atom is -0.507 e. The highest BCUT2D eigenvalue weighted by molar-refractivity contribution is 6.06. The molecule has 0 spiro atoms. The third kappa shape index (κ3) is 2.92. The van der Waals surface area contributed by atoms with Gasteiger partial charge in [-0.2, -0.15) is 0 Å². The number of nitrogens with one attached hydrogen (secondary N) is 1. The van der Waals surface area contributed by atoms with Gasteiger partial charge in [0.1, 0.15) is 11.6 Å². The van der Waals surface area contributed by atoms with Crippen molar-refractivity contribution >= 4 is 17.7 Å². The van der Waals surface area contributed by atoms with E-state index in [4.69, 9.17) is 5.11 Å². The maximum Gasteiger partial charge on any atom is 0.335 e. The molecule has 3 N–H and O–H groups in total. The molecule has 1 aromatic heterocycles. The quantitative estimate of drug-likeness (QED) is 0.794. The lowest BCUT2D eigenvalue weighted by Gasteiger charge is -2.07. The molecule has 6 heteroatoms. The lowest BCUT2D eigenvalue weighted by molar-refractivity contribution is 0.0696. The molecular weight excluding hydrogens is 260 g/mol. The molecule has 0 unspecified atom stereocenters. The number of anilines is 1. The number of carbonyl (C=O) groups is 2. The molecule has 2 rings (SSSR count). The third-order valence-corrected chi connectivity index (χ3v) is 2.65. The van der Waals surface area contributed by atoms with E-state index in [2.05, 4.69) is 10.3 Å². The summed E-state index contributed by atoms with van der Waals surface area (Å²) < 4.78 is 0. The number of aromatic nitrogens is 1. The number of phenolic OH excluding ortho intramolecular Hbond substituents is 1. The molecule has 0 aliphatic carbocycles. The van der Waals surface area contributed by atoms with E-state index in [1.54, 1.807) is 13.0 Å². The first-order valence-corrected chi connectivity index (χ1v) is 5.77. The van der Waals surface area contributed by atoms with Crippen LogP contribution in [-0.4, -0.2) is 27.1 Å². The Bertz CT molecular complexity index is 683. The zero-order chi connectivity index (χ0) is 14.7. The number of hydrogen-bond acceptors (Lipinski definition) is 4. The molecule has 1 amide bonds. The number of nitrogens with zero attached hydrogens (tertiary/aromatic N) is 1. The maximum absolute atomic E-state index is 12.0. The fourth-order valence-electron chi connectivity index (χ4n) is 1.65. The van der Waals surface area contributed by atoms with Crippen molar-refractivity contribution in [2.45, 2.75) is 6.92 Å². The van der Waals surface area contributed by atoms with Gasteiger partial charge in [0.25, 0.3) is 5.91 Å². The van der Waals surface area contributed by atoms with Gasteiger partial charge < -0.3 is 15.5 Å². The number of rotatable bonds is 3. The number of amides is 1. The number of carboxylic acids is 1. The zero-order valence-corrected chi connectivity index (χ0v) is 10.6. The number of hydrogen-bond donors (Lipinski definition) is 3. The Morgan fingerprint density at radius 1 is 1.20 bits per heavy atom. The molecule has 0 aliphatic heterocycles. The van der Waals surface area contributed by atoms with Gasteiger partial charge in [-0.15, -0.1) is 0 Å². The fraction of sp³-hybridized carbons (Fsp3) is 0.0714. The maximum atomic E-state index is 12.0. The standard InChI is InChI=1S/C14H12N2O4/c1-8-2-3-11(17)10(6-8)13(18)16-12-7-9(14(19)20)4-5-15-12/h2-7,17H,1H3,(H,19,20)(H,15,16,18). The van der Waals surface area contributed by atoms with E-state index in [0.29, 0.717) is 0 Å². The number of aromatic carboxylic acids is 1. The van der Waals surface area contributed by atoms with Crippen LogP contribution in [0.15, 0.2) is 36.5 Å². The number of carbonyl (C=O) groups excluding carboxylic acids is 1. The molecule has 6 nitrogen and oxygen atoms in total. The largest absolute Gasteiger partial charge is 0.507 e. The van der Waals surface area contributed by atoms with Crippen LogP contribution in [0.1, 0.15) is 26.3 Å². The van der Waals surface area contributed by atoms with E-state index < -0.39 is 11.9 Å². The molecular formula is C14H12N2O4. The highest BCUT2D eigenvalue weighted by Crippen LogP contribution is 2.19. The van der Waals surface area contributed by atoms with Crippen LogP contribution in [0.3, 0.4) is 0 Å².